The fourth-order valence-electron chi connectivity index (χ4n) is 1.43. The third kappa shape index (κ3) is 4.77. The van der Waals surface area contributed by atoms with Crippen molar-refractivity contribution in [2.45, 2.75) is 25.4 Å². The summed E-state index contributed by atoms with van der Waals surface area (Å²) in [4.78, 5) is 0. The standard InChI is InChI=1S/C11H13F5N2/c12-10(13)8-6-7(17)2-3-9(8)18-5-1-4-11(14,15)16/h2-3,6,10,18H,1,4-5,17H2. The van der Waals surface area contributed by atoms with Crippen LogP contribution < -0.4 is 11.1 Å². The van der Waals surface area contributed by atoms with E-state index in [1.54, 1.807) is 0 Å². The molecule has 1 rings (SSSR count). The molecule has 18 heavy (non-hydrogen) atoms. The van der Waals surface area contributed by atoms with Gasteiger partial charge in [0.05, 0.1) is 0 Å². The summed E-state index contributed by atoms with van der Waals surface area (Å²) in [7, 11) is 0. The van der Waals surface area contributed by atoms with Crippen molar-refractivity contribution in [3.63, 3.8) is 0 Å². The highest BCUT2D eigenvalue weighted by molar-refractivity contribution is 5.58. The van der Waals surface area contributed by atoms with E-state index < -0.39 is 19.0 Å². The topological polar surface area (TPSA) is 38.0 Å². The van der Waals surface area contributed by atoms with E-state index in [1.165, 1.54) is 12.1 Å². The maximum absolute atomic E-state index is 12.6. The van der Waals surface area contributed by atoms with Crippen LogP contribution in [0.2, 0.25) is 0 Å². The summed E-state index contributed by atoms with van der Waals surface area (Å²) in [6.45, 7) is -0.0247. The number of anilines is 2. The minimum Gasteiger partial charge on any atom is -0.399 e. The smallest absolute Gasteiger partial charge is 0.389 e. The van der Waals surface area contributed by atoms with Crippen molar-refractivity contribution >= 4 is 11.4 Å². The van der Waals surface area contributed by atoms with Crippen LogP contribution in [-0.4, -0.2) is 12.7 Å². The molecule has 0 aliphatic carbocycles. The lowest BCUT2D eigenvalue weighted by molar-refractivity contribution is -0.134. The van der Waals surface area contributed by atoms with Crippen molar-refractivity contribution in [3.05, 3.63) is 23.8 Å². The van der Waals surface area contributed by atoms with E-state index in [0.29, 0.717) is 0 Å². The second kappa shape index (κ2) is 5.88. The maximum Gasteiger partial charge on any atom is 0.389 e. The monoisotopic (exact) mass is 268 g/mol. The van der Waals surface area contributed by atoms with Crippen LogP contribution in [-0.2, 0) is 0 Å². The van der Waals surface area contributed by atoms with Crippen LogP contribution in [0.3, 0.4) is 0 Å². The van der Waals surface area contributed by atoms with E-state index in [1.807, 2.05) is 0 Å². The van der Waals surface area contributed by atoms with E-state index in [0.717, 1.165) is 6.07 Å². The molecule has 0 spiro atoms. The Morgan fingerprint density at radius 1 is 1.22 bits per heavy atom. The van der Waals surface area contributed by atoms with Gasteiger partial charge in [-0.25, -0.2) is 8.78 Å². The Morgan fingerprint density at radius 3 is 2.44 bits per heavy atom. The molecule has 1 aromatic rings. The highest BCUT2D eigenvalue weighted by atomic mass is 19.4. The van der Waals surface area contributed by atoms with Gasteiger partial charge in [0.1, 0.15) is 0 Å². The number of benzene rings is 1. The molecule has 0 aliphatic heterocycles. The molecule has 0 aromatic heterocycles. The molecule has 3 N–H and O–H groups in total. The van der Waals surface area contributed by atoms with Gasteiger partial charge in [0, 0.05) is 29.9 Å². The van der Waals surface area contributed by atoms with Gasteiger partial charge in [-0.2, -0.15) is 13.2 Å². The lowest BCUT2D eigenvalue weighted by atomic mass is 10.1. The van der Waals surface area contributed by atoms with Crippen LogP contribution >= 0.6 is 0 Å². The Labute approximate surface area is 101 Å². The van der Waals surface area contributed by atoms with E-state index in [-0.39, 0.29) is 29.9 Å². The SMILES string of the molecule is Nc1ccc(NCCCC(F)(F)F)c(C(F)F)c1. The molecular weight excluding hydrogens is 255 g/mol. The second-order valence-electron chi connectivity index (χ2n) is 3.79. The van der Waals surface area contributed by atoms with Crippen molar-refractivity contribution in [1.29, 1.82) is 0 Å². The summed E-state index contributed by atoms with van der Waals surface area (Å²) >= 11 is 0. The molecule has 102 valence electrons. The summed E-state index contributed by atoms with van der Waals surface area (Å²) in [5.41, 5.74) is 5.36. The van der Waals surface area contributed by atoms with Crippen LogP contribution in [0.1, 0.15) is 24.8 Å². The number of alkyl halides is 5. The first-order chi connectivity index (χ1) is 8.29. The van der Waals surface area contributed by atoms with Crippen LogP contribution in [0.15, 0.2) is 18.2 Å². The number of halogens is 5. The number of hydrogen-bond donors (Lipinski definition) is 2. The molecule has 1 aromatic carbocycles. The lowest BCUT2D eigenvalue weighted by Gasteiger charge is -2.13. The average Bonchev–Trinajstić information content (AvgIpc) is 2.24. The third-order valence-electron chi connectivity index (χ3n) is 2.26. The molecule has 0 unspecified atom stereocenters. The number of nitrogen functional groups attached to an aromatic ring is 1. The summed E-state index contributed by atoms with van der Waals surface area (Å²) in [5.74, 6) is 0. The Morgan fingerprint density at radius 2 is 1.89 bits per heavy atom. The van der Waals surface area contributed by atoms with Gasteiger partial charge in [0.2, 0.25) is 0 Å². The molecule has 2 nitrogen and oxygen atoms in total. The minimum atomic E-state index is -4.23. The number of rotatable bonds is 5. The van der Waals surface area contributed by atoms with Crippen LogP contribution in [0.5, 0.6) is 0 Å². The first-order valence-electron chi connectivity index (χ1n) is 5.28. The molecule has 0 heterocycles. The summed E-state index contributed by atoms with van der Waals surface area (Å²) in [6.07, 6.45) is -8.07. The largest absolute Gasteiger partial charge is 0.399 e. The van der Waals surface area contributed by atoms with Crippen LogP contribution in [0, 0.1) is 0 Å². The molecule has 0 saturated heterocycles. The minimum absolute atomic E-state index is 0.0247. The summed E-state index contributed by atoms with van der Waals surface area (Å²) < 4.78 is 60.9. The average molecular weight is 268 g/mol. The van der Waals surface area contributed by atoms with E-state index >= 15 is 0 Å². The fourth-order valence-corrected chi connectivity index (χ4v) is 1.43. The van der Waals surface area contributed by atoms with Crippen molar-refractivity contribution < 1.29 is 22.0 Å². The predicted octanol–water partition coefficient (Wildman–Crippen LogP) is 3.96. The van der Waals surface area contributed by atoms with E-state index in [9.17, 15) is 22.0 Å². The van der Waals surface area contributed by atoms with Gasteiger partial charge in [-0.15, -0.1) is 0 Å². The quantitative estimate of drug-likeness (QED) is 0.482. The van der Waals surface area contributed by atoms with Gasteiger partial charge < -0.3 is 11.1 Å². The molecule has 0 amide bonds. The van der Waals surface area contributed by atoms with Crippen molar-refractivity contribution in [2.75, 3.05) is 17.6 Å². The van der Waals surface area contributed by atoms with Crippen molar-refractivity contribution in [2.24, 2.45) is 0 Å². The third-order valence-corrected chi connectivity index (χ3v) is 2.26. The lowest BCUT2D eigenvalue weighted by Crippen LogP contribution is -2.11. The fraction of sp³-hybridized carbons (Fsp3) is 0.455. The molecule has 0 atom stereocenters. The summed E-state index contributed by atoms with van der Waals surface area (Å²) in [5, 5.41) is 2.56. The Kier molecular flexibility index (Phi) is 4.75. The highest BCUT2D eigenvalue weighted by Gasteiger charge is 2.25. The van der Waals surface area contributed by atoms with Gasteiger partial charge >= 0.3 is 6.18 Å². The zero-order valence-corrected chi connectivity index (χ0v) is 9.40. The van der Waals surface area contributed by atoms with Gasteiger partial charge in [-0.1, -0.05) is 0 Å². The van der Waals surface area contributed by atoms with Crippen molar-refractivity contribution in [3.8, 4) is 0 Å². The second-order valence-corrected chi connectivity index (χ2v) is 3.79. The van der Waals surface area contributed by atoms with Crippen LogP contribution in [0.4, 0.5) is 33.3 Å². The Hall–Kier alpha value is -1.53. The van der Waals surface area contributed by atoms with Gasteiger partial charge in [-0.3, -0.25) is 0 Å². The Balaban J connectivity index is 2.57. The highest BCUT2D eigenvalue weighted by Crippen LogP contribution is 2.29. The first-order valence-corrected chi connectivity index (χ1v) is 5.28. The number of nitrogens with two attached hydrogens (primary N) is 1. The number of hydrogen-bond acceptors (Lipinski definition) is 2. The molecule has 7 heteroatoms. The first kappa shape index (κ1) is 14.5. The maximum atomic E-state index is 12.6. The summed E-state index contributed by atoms with van der Waals surface area (Å²) in [6, 6.07) is 3.86. The molecule has 0 saturated carbocycles. The zero-order chi connectivity index (χ0) is 13.8. The molecular formula is C11H13F5N2. The normalized spacial score (nSPS) is 11.9. The molecule has 0 aliphatic rings. The Bertz CT molecular complexity index is 390. The van der Waals surface area contributed by atoms with Gasteiger partial charge in [-0.05, 0) is 24.6 Å². The van der Waals surface area contributed by atoms with E-state index in [2.05, 4.69) is 5.32 Å². The zero-order valence-electron chi connectivity index (χ0n) is 9.40. The predicted molar refractivity (Wildman–Crippen MR) is 59.6 cm³/mol. The van der Waals surface area contributed by atoms with Crippen molar-refractivity contribution in [1.82, 2.24) is 0 Å². The van der Waals surface area contributed by atoms with E-state index in [4.69, 9.17) is 5.73 Å². The van der Waals surface area contributed by atoms with Crippen LogP contribution in [0.25, 0.3) is 0 Å². The molecule has 0 bridgehead atoms. The van der Waals surface area contributed by atoms with Gasteiger partial charge in [0.15, 0.2) is 0 Å². The molecule has 0 fully saturated rings. The molecule has 0 radical (unpaired) electrons. The number of nitrogens with one attached hydrogen (secondary N) is 1. The van der Waals surface area contributed by atoms with Gasteiger partial charge in [0.25, 0.3) is 6.43 Å².